The van der Waals surface area contributed by atoms with Crippen molar-refractivity contribution in [3.8, 4) is 12.3 Å². The van der Waals surface area contributed by atoms with Crippen LogP contribution in [-0.4, -0.2) is 24.4 Å². The fraction of sp³-hybridized carbons (Fsp3) is 0.625. The van der Waals surface area contributed by atoms with Crippen molar-refractivity contribution in [1.29, 1.82) is 0 Å². The summed E-state index contributed by atoms with van der Waals surface area (Å²) in [5.41, 5.74) is 0. The molecule has 0 rings (SSSR count). The molecule has 0 aromatic carbocycles. The zero-order valence-corrected chi connectivity index (χ0v) is 6.55. The van der Waals surface area contributed by atoms with Crippen molar-refractivity contribution in [2.45, 2.75) is 19.8 Å². The van der Waals surface area contributed by atoms with Gasteiger partial charge in [0.2, 0.25) is 5.91 Å². The van der Waals surface area contributed by atoms with E-state index in [0.29, 0.717) is 12.8 Å². The number of hydrogen-bond donors (Lipinski definition) is 0. The number of carbonyl (C=O) groups is 1. The van der Waals surface area contributed by atoms with Crippen LogP contribution in [-0.2, 0) is 4.79 Å². The van der Waals surface area contributed by atoms with E-state index in [4.69, 9.17) is 6.42 Å². The van der Waals surface area contributed by atoms with Gasteiger partial charge >= 0.3 is 0 Å². The third-order valence-electron chi connectivity index (χ3n) is 1.38. The van der Waals surface area contributed by atoms with Crippen molar-refractivity contribution in [1.82, 2.24) is 4.90 Å². The van der Waals surface area contributed by atoms with Gasteiger partial charge in [-0.1, -0.05) is 0 Å². The summed E-state index contributed by atoms with van der Waals surface area (Å²) in [7, 11) is 1.78. The summed E-state index contributed by atoms with van der Waals surface area (Å²) in [6.45, 7) is 2.69. The predicted octanol–water partition coefficient (Wildman–Crippen LogP) is 0.878. The van der Waals surface area contributed by atoms with E-state index >= 15 is 0 Å². The van der Waals surface area contributed by atoms with Crippen molar-refractivity contribution in [3.05, 3.63) is 0 Å². The number of nitrogens with zero attached hydrogens (tertiary/aromatic N) is 1. The average Bonchev–Trinajstić information content (AvgIpc) is 1.98. The van der Waals surface area contributed by atoms with Crippen LogP contribution in [0.1, 0.15) is 19.8 Å². The second-order valence-corrected chi connectivity index (χ2v) is 2.11. The van der Waals surface area contributed by atoms with Gasteiger partial charge in [0.05, 0.1) is 0 Å². The summed E-state index contributed by atoms with van der Waals surface area (Å²) in [6, 6.07) is 0. The minimum atomic E-state index is 0.125. The highest BCUT2D eigenvalue weighted by Gasteiger charge is 2.03. The Hall–Kier alpha value is -0.970. The zero-order chi connectivity index (χ0) is 7.98. The first-order chi connectivity index (χ1) is 4.72. The summed E-state index contributed by atoms with van der Waals surface area (Å²) in [4.78, 5) is 12.6. The first-order valence-corrected chi connectivity index (χ1v) is 3.39. The second-order valence-electron chi connectivity index (χ2n) is 2.11. The van der Waals surface area contributed by atoms with Crippen LogP contribution in [0.5, 0.6) is 0 Å². The molecule has 0 fully saturated rings. The highest BCUT2D eigenvalue weighted by molar-refractivity contribution is 5.76. The molecule has 0 bridgehead atoms. The highest BCUT2D eigenvalue weighted by Crippen LogP contribution is 1.92. The minimum absolute atomic E-state index is 0.125. The van der Waals surface area contributed by atoms with Crippen LogP contribution in [0, 0.1) is 12.3 Å². The molecule has 1 amide bonds. The second kappa shape index (κ2) is 4.87. The number of amides is 1. The Kier molecular flexibility index (Phi) is 4.39. The fourth-order valence-electron chi connectivity index (χ4n) is 0.546. The standard InChI is InChI=1S/C8H13NO/c1-4-6-7-8(10)9(3)5-2/h1H,5-7H2,2-3H3. The van der Waals surface area contributed by atoms with Gasteiger partial charge in [0.15, 0.2) is 0 Å². The van der Waals surface area contributed by atoms with Gasteiger partial charge in [-0.3, -0.25) is 4.79 Å². The Morgan fingerprint density at radius 2 is 2.30 bits per heavy atom. The largest absolute Gasteiger partial charge is 0.346 e. The Morgan fingerprint density at radius 1 is 1.70 bits per heavy atom. The summed E-state index contributed by atoms with van der Waals surface area (Å²) in [6.07, 6.45) is 6.02. The van der Waals surface area contributed by atoms with Crippen molar-refractivity contribution < 1.29 is 4.79 Å². The molecule has 2 nitrogen and oxygen atoms in total. The molecule has 0 unspecified atom stereocenters. The van der Waals surface area contributed by atoms with E-state index in [1.165, 1.54) is 0 Å². The molecule has 10 heavy (non-hydrogen) atoms. The van der Waals surface area contributed by atoms with Gasteiger partial charge in [-0.15, -0.1) is 12.3 Å². The molecule has 0 heterocycles. The quantitative estimate of drug-likeness (QED) is 0.531. The molecule has 0 spiro atoms. The van der Waals surface area contributed by atoms with E-state index < -0.39 is 0 Å². The molecular formula is C8H13NO. The smallest absolute Gasteiger partial charge is 0.223 e. The molecule has 56 valence electrons. The summed E-state index contributed by atoms with van der Waals surface area (Å²) < 4.78 is 0. The van der Waals surface area contributed by atoms with Gasteiger partial charge in [0.1, 0.15) is 0 Å². The van der Waals surface area contributed by atoms with Gasteiger partial charge in [-0.25, -0.2) is 0 Å². The topological polar surface area (TPSA) is 20.3 Å². The lowest BCUT2D eigenvalue weighted by atomic mass is 10.3. The monoisotopic (exact) mass is 139 g/mol. The first kappa shape index (κ1) is 9.03. The van der Waals surface area contributed by atoms with E-state index in [-0.39, 0.29) is 5.91 Å². The fourth-order valence-corrected chi connectivity index (χ4v) is 0.546. The lowest BCUT2D eigenvalue weighted by molar-refractivity contribution is -0.129. The predicted molar refractivity (Wildman–Crippen MR) is 41.4 cm³/mol. The maximum atomic E-state index is 11.0. The van der Waals surface area contributed by atoms with E-state index in [1.807, 2.05) is 6.92 Å². The van der Waals surface area contributed by atoms with Crippen LogP contribution in [0.4, 0.5) is 0 Å². The molecule has 0 saturated carbocycles. The van der Waals surface area contributed by atoms with Crippen molar-refractivity contribution >= 4 is 5.91 Å². The van der Waals surface area contributed by atoms with Gasteiger partial charge in [-0.2, -0.15) is 0 Å². The van der Waals surface area contributed by atoms with Crippen LogP contribution < -0.4 is 0 Å². The van der Waals surface area contributed by atoms with Gasteiger partial charge in [-0.05, 0) is 6.92 Å². The molecule has 2 heteroatoms. The molecule has 0 atom stereocenters. The molecule has 0 radical (unpaired) electrons. The van der Waals surface area contributed by atoms with Gasteiger partial charge < -0.3 is 4.90 Å². The van der Waals surface area contributed by atoms with E-state index in [9.17, 15) is 4.79 Å². The van der Waals surface area contributed by atoms with E-state index in [0.717, 1.165) is 6.54 Å². The molecule has 0 aromatic heterocycles. The minimum Gasteiger partial charge on any atom is -0.346 e. The summed E-state index contributed by atoms with van der Waals surface area (Å²) in [5.74, 6) is 2.56. The Bertz CT molecular complexity index is 146. The molecule has 0 aliphatic heterocycles. The van der Waals surface area contributed by atoms with Crippen LogP contribution in [0.3, 0.4) is 0 Å². The molecule has 0 aromatic rings. The normalized spacial score (nSPS) is 8.50. The summed E-state index contributed by atoms with van der Waals surface area (Å²) >= 11 is 0. The Morgan fingerprint density at radius 3 is 2.70 bits per heavy atom. The first-order valence-electron chi connectivity index (χ1n) is 3.39. The van der Waals surface area contributed by atoms with Crippen LogP contribution in [0.2, 0.25) is 0 Å². The van der Waals surface area contributed by atoms with Crippen LogP contribution >= 0.6 is 0 Å². The third-order valence-corrected chi connectivity index (χ3v) is 1.38. The lowest BCUT2D eigenvalue weighted by Crippen LogP contribution is -2.25. The summed E-state index contributed by atoms with van der Waals surface area (Å²) in [5, 5.41) is 0. The third kappa shape index (κ3) is 3.13. The van der Waals surface area contributed by atoms with Crippen LogP contribution in [0.25, 0.3) is 0 Å². The molecular weight excluding hydrogens is 126 g/mol. The van der Waals surface area contributed by atoms with Crippen molar-refractivity contribution in [2.24, 2.45) is 0 Å². The average molecular weight is 139 g/mol. The molecule has 0 aliphatic rings. The maximum absolute atomic E-state index is 11.0. The van der Waals surface area contributed by atoms with Crippen molar-refractivity contribution in [2.75, 3.05) is 13.6 Å². The number of terminal acetylenes is 1. The SMILES string of the molecule is C#CCCC(=O)N(C)CC. The Labute approximate surface area is 62.2 Å². The van der Waals surface area contributed by atoms with Crippen LogP contribution in [0.15, 0.2) is 0 Å². The Balaban J connectivity index is 3.54. The van der Waals surface area contributed by atoms with Gasteiger partial charge in [0.25, 0.3) is 0 Å². The maximum Gasteiger partial charge on any atom is 0.223 e. The molecule has 0 saturated heterocycles. The molecule has 0 N–H and O–H groups in total. The number of rotatable bonds is 3. The zero-order valence-electron chi connectivity index (χ0n) is 6.55. The van der Waals surface area contributed by atoms with Crippen molar-refractivity contribution in [3.63, 3.8) is 0 Å². The molecule has 0 aliphatic carbocycles. The number of hydrogen-bond acceptors (Lipinski definition) is 1. The highest BCUT2D eigenvalue weighted by atomic mass is 16.2. The van der Waals surface area contributed by atoms with Gasteiger partial charge in [0, 0.05) is 26.4 Å². The lowest BCUT2D eigenvalue weighted by Gasteiger charge is -2.12. The van der Waals surface area contributed by atoms with E-state index in [1.54, 1.807) is 11.9 Å². The number of carbonyl (C=O) groups excluding carboxylic acids is 1. The van der Waals surface area contributed by atoms with E-state index in [2.05, 4.69) is 5.92 Å².